The van der Waals surface area contributed by atoms with Crippen molar-refractivity contribution in [1.29, 1.82) is 0 Å². The highest BCUT2D eigenvalue weighted by Crippen LogP contribution is 2.31. The van der Waals surface area contributed by atoms with E-state index in [2.05, 4.69) is 41.0 Å². The summed E-state index contributed by atoms with van der Waals surface area (Å²) in [7, 11) is 0. The van der Waals surface area contributed by atoms with E-state index in [1.807, 2.05) is 13.0 Å². The van der Waals surface area contributed by atoms with E-state index in [4.69, 9.17) is 11.3 Å². The number of pyridine rings is 2. The van der Waals surface area contributed by atoms with Gasteiger partial charge in [-0.2, -0.15) is 5.10 Å². The maximum Gasteiger partial charge on any atom is 0.228 e. The maximum atomic E-state index is 12.0. The fourth-order valence-electron chi connectivity index (χ4n) is 2.85. The highest BCUT2D eigenvalue weighted by Gasteiger charge is 2.30. The molecule has 1 saturated carbocycles. The van der Waals surface area contributed by atoms with Crippen molar-refractivity contribution in [2.45, 2.75) is 19.8 Å². The van der Waals surface area contributed by atoms with Crippen LogP contribution in [0.15, 0.2) is 36.5 Å². The quantitative estimate of drug-likeness (QED) is 0.309. The summed E-state index contributed by atoms with van der Waals surface area (Å²) in [6, 6.07) is 8.79. The number of H-pyrrole nitrogens is 1. The molecule has 0 spiro atoms. The summed E-state index contributed by atoms with van der Waals surface area (Å²) in [6.07, 6.45) is 3.45. The molecule has 3 heterocycles. The van der Waals surface area contributed by atoms with Gasteiger partial charge in [-0.1, -0.05) is 0 Å². The van der Waals surface area contributed by atoms with Crippen molar-refractivity contribution in [1.82, 2.24) is 20.2 Å². The number of anilines is 4. The fourth-order valence-corrected chi connectivity index (χ4v) is 2.85. The van der Waals surface area contributed by atoms with Crippen LogP contribution in [0.1, 0.15) is 18.5 Å². The predicted octanol–water partition coefficient (Wildman–Crippen LogP) is 3.64. The fraction of sp³-hybridized carbons (Fsp3) is 0.286. The van der Waals surface area contributed by atoms with Gasteiger partial charge >= 0.3 is 0 Å². The lowest BCUT2D eigenvalue weighted by Gasteiger charge is -2.13. The molecule has 1 aliphatic carbocycles. The first-order valence-electron chi connectivity index (χ1n) is 9.92. The van der Waals surface area contributed by atoms with Crippen molar-refractivity contribution in [2.75, 3.05) is 29.1 Å². The number of aryl methyl sites for hydroxylation is 1. The number of aromatic nitrogens is 4. The summed E-state index contributed by atoms with van der Waals surface area (Å²) in [5.41, 5.74) is 1.33. The van der Waals surface area contributed by atoms with Gasteiger partial charge in [-0.3, -0.25) is 9.89 Å². The number of amides is 1. The highest BCUT2D eigenvalue weighted by atomic mass is 16.5. The van der Waals surface area contributed by atoms with Gasteiger partial charge in [0.05, 0.1) is 6.57 Å². The van der Waals surface area contributed by atoms with Gasteiger partial charge in [0, 0.05) is 30.4 Å². The number of nitrogens with zero attached hydrogens (tertiary/aromatic N) is 4. The van der Waals surface area contributed by atoms with E-state index in [-0.39, 0.29) is 11.8 Å². The van der Waals surface area contributed by atoms with Crippen molar-refractivity contribution < 1.29 is 9.53 Å². The molecule has 0 radical (unpaired) electrons. The first kappa shape index (κ1) is 20.2. The second kappa shape index (κ2) is 9.13. The predicted molar refractivity (Wildman–Crippen MR) is 117 cm³/mol. The van der Waals surface area contributed by atoms with Gasteiger partial charge in [-0.25, -0.2) is 14.8 Å². The molecule has 10 nitrogen and oxygen atoms in total. The molecule has 0 bridgehead atoms. The lowest BCUT2D eigenvalue weighted by atomic mass is 10.3. The average Bonchev–Trinajstić information content (AvgIpc) is 3.55. The molecule has 158 valence electrons. The van der Waals surface area contributed by atoms with E-state index in [1.165, 1.54) is 0 Å². The summed E-state index contributed by atoms with van der Waals surface area (Å²) in [5.74, 6) is 2.64. The molecule has 0 atom stereocenters. The van der Waals surface area contributed by atoms with E-state index in [0.29, 0.717) is 47.9 Å². The number of hydrogen-bond acceptors (Lipinski definition) is 7. The first-order chi connectivity index (χ1) is 15.1. The number of carbonyl (C=O) groups excluding carboxylic acids is 1. The molecule has 0 aliphatic heterocycles. The molecule has 3 aromatic rings. The zero-order chi connectivity index (χ0) is 21.6. The normalized spacial score (nSPS) is 12.6. The van der Waals surface area contributed by atoms with Crippen LogP contribution in [0.2, 0.25) is 0 Å². The van der Waals surface area contributed by atoms with Crippen LogP contribution in [0, 0.1) is 19.4 Å². The number of rotatable bonds is 9. The van der Waals surface area contributed by atoms with E-state index < -0.39 is 0 Å². The molecule has 4 N–H and O–H groups in total. The highest BCUT2D eigenvalue weighted by molar-refractivity contribution is 5.94. The monoisotopic (exact) mass is 418 g/mol. The third-order valence-corrected chi connectivity index (χ3v) is 4.57. The zero-order valence-electron chi connectivity index (χ0n) is 17.0. The van der Waals surface area contributed by atoms with Gasteiger partial charge in [-0.15, -0.1) is 0 Å². The summed E-state index contributed by atoms with van der Waals surface area (Å²) >= 11 is 0. The van der Waals surface area contributed by atoms with Crippen LogP contribution < -0.4 is 20.7 Å². The Bertz CT molecular complexity index is 1120. The molecule has 0 saturated heterocycles. The standard InChI is InChI=1S/C21H22N8O2/c1-13-12-18(29-28-13)25-17-8-7-15(22-2)19(26-17)24-10-11-31-16-4-3-9-23-20(16)27-21(30)14-5-6-14/h3-4,7-9,12,14H,5-6,10-11H2,1H3,(H,23,27,30)(H3,24,25,26,28,29). The van der Waals surface area contributed by atoms with Crippen LogP contribution in [0.3, 0.4) is 0 Å². The minimum atomic E-state index is -0.0241. The smallest absolute Gasteiger partial charge is 0.228 e. The Morgan fingerprint density at radius 2 is 2.16 bits per heavy atom. The summed E-state index contributed by atoms with van der Waals surface area (Å²) in [6.45, 7) is 9.97. The molecule has 0 unspecified atom stereocenters. The molecule has 0 aromatic carbocycles. The SMILES string of the molecule is [C-]#[N+]c1ccc(Nc2cc(C)[nH]n2)nc1NCCOc1cccnc1NC(=O)C1CC1. The molecule has 1 aliphatic rings. The van der Waals surface area contributed by atoms with E-state index in [9.17, 15) is 4.79 Å². The number of carbonyl (C=O) groups is 1. The summed E-state index contributed by atoms with van der Waals surface area (Å²) < 4.78 is 5.79. The largest absolute Gasteiger partial charge is 0.488 e. The van der Waals surface area contributed by atoms with Crippen LogP contribution in [-0.4, -0.2) is 39.2 Å². The van der Waals surface area contributed by atoms with E-state index in [0.717, 1.165) is 18.5 Å². The Hall–Kier alpha value is -4.13. The second-order valence-electron chi connectivity index (χ2n) is 7.13. The lowest BCUT2D eigenvalue weighted by Crippen LogP contribution is -2.17. The van der Waals surface area contributed by atoms with Crippen LogP contribution in [-0.2, 0) is 4.79 Å². The molecule has 4 rings (SSSR count). The van der Waals surface area contributed by atoms with Gasteiger partial charge < -0.3 is 20.7 Å². The topological polar surface area (TPSA) is 121 Å². The Kier molecular flexibility index (Phi) is 5.93. The van der Waals surface area contributed by atoms with Crippen LogP contribution in [0.5, 0.6) is 5.75 Å². The molecular formula is C21H22N8O2. The average molecular weight is 418 g/mol. The van der Waals surface area contributed by atoms with E-state index >= 15 is 0 Å². The minimum absolute atomic E-state index is 0.0241. The van der Waals surface area contributed by atoms with Crippen molar-refractivity contribution in [3.8, 4) is 5.75 Å². The van der Waals surface area contributed by atoms with Crippen molar-refractivity contribution >= 4 is 34.9 Å². The van der Waals surface area contributed by atoms with Gasteiger partial charge in [0.15, 0.2) is 17.4 Å². The zero-order valence-corrected chi connectivity index (χ0v) is 17.0. The molecule has 3 aromatic heterocycles. The molecule has 10 heteroatoms. The minimum Gasteiger partial charge on any atom is -0.488 e. The molecule has 31 heavy (non-hydrogen) atoms. The van der Waals surface area contributed by atoms with Crippen LogP contribution in [0.4, 0.5) is 29.0 Å². The first-order valence-corrected chi connectivity index (χ1v) is 9.92. The summed E-state index contributed by atoms with van der Waals surface area (Å²) in [5, 5.41) is 16.0. The van der Waals surface area contributed by atoms with Gasteiger partial charge in [0.2, 0.25) is 11.6 Å². The van der Waals surface area contributed by atoms with Gasteiger partial charge in [-0.05, 0) is 44.0 Å². The number of aromatic amines is 1. The molecular weight excluding hydrogens is 396 g/mol. The molecule has 1 amide bonds. The van der Waals surface area contributed by atoms with Crippen molar-refractivity contribution in [3.05, 3.63) is 53.6 Å². The van der Waals surface area contributed by atoms with Crippen LogP contribution >= 0.6 is 0 Å². The second-order valence-corrected chi connectivity index (χ2v) is 7.13. The third kappa shape index (κ3) is 5.27. The lowest BCUT2D eigenvalue weighted by molar-refractivity contribution is -0.117. The van der Waals surface area contributed by atoms with Gasteiger partial charge in [0.25, 0.3) is 0 Å². The summed E-state index contributed by atoms with van der Waals surface area (Å²) in [4.78, 5) is 24.2. The Morgan fingerprint density at radius 1 is 1.29 bits per heavy atom. The maximum absolute atomic E-state index is 12.0. The van der Waals surface area contributed by atoms with Crippen molar-refractivity contribution in [3.63, 3.8) is 0 Å². The number of ether oxygens (including phenoxy) is 1. The van der Waals surface area contributed by atoms with E-state index in [1.54, 1.807) is 30.5 Å². The number of nitrogens with one attached hydrogen (secondary N) is 4. The van der Waals surface area contributed by atoms with Crippen LogP contribution in [0.25, 0.3) is 4.85 Å². The third-order valence-electron chi connectivity index (χ3n) is 4.57. The Morgan fingerprint density at radius 3 is 2.90 bits per heavy atom. The van der Waals surface area contributed by atoms with Gasteiger partial charge in [0.1, 0.15) is 18.2 Å². The Balaban J connectivity index is 1.34. The molecule has 1 fully saturated rings. The Labute approximate surface area is 179 Å². The van der Waals surface area contributed by atoms with Crippen molar-refractivity contribution in [2.24, 2.45) is 5.92 Å². The number of hydrogen-bond donors (Lipinski definition) is 4.